The van der Waals surface area contributed by atoms with Gasteiger partial charge in [0.05, 0.1) is 6.61 Å². The molecule has 0 saturated carbocycles. The number of ether oxygens (including phenoxy) is 2. The molecule has 5 nitrogen and oxygen atoms in total. The Morgan fingerprint density at radius 2 is 2.20 bits per heavy atom. The Hall–Kier alpha value is -0.810. The highest BCUT2D eigenvalue weighted by Gasteiger charge is 2.25. The van der Waals surface area contributed by atoms with Gasteiger partial charge in [-0.05, 0) is 53.0 Å². The molecule has 0 spiro atoms. The van der Waals surface area contributed by atoms with E-state index in [1.165, 1.54) is 6.42 Å². The molecular weight excluding hydrogens is 256 g/mol. The summed E-state index contributed by atoms with van der Waals surface area (Å²) >= 11 is 0. The van der Waals surface area contributed by atoms with Crippen LogP contribution >= 0.6 is 0 Å². The zero-order valence-electron chi connectivity index (χ0n) is 13.4. The van der Waals surface area contributed by atoms with Crippen molar-refractivity contribution in [2.75, 3.05) is 33.4 Å². The lowest BCUT2D eigenvalue weighted by Gasteiger charge is -2.36. The third kappa shape index (κ3) is 6.57. The quantitative estimate of drug-likeness (QED) is 0.813. The molecule has 0 aliphatic carbocycles. The highest BCUT2D eigenvalue weighted by molar-refractivity contribution is 5.64. The number of hydrogen-bond acceptors (Lipinski definition) is 4. The van der Waals surface area contributed by atoms with Crippen LogP contribution in [0.1, 0.15) is 40.0 Å². The maximum atomic E-state index is 10.8. The second kappa shape index (κ2) is 7.84. The van der Waals surface area contributed by atoms with E-state index in [-0.39, 0.29) is 5.54 Å². The normalized spacial score (nSPS) is 21.8. The van der Waals surface area contributed by atoms with E-state index in [1.54, 1.807) is 0 Å². The van der Waals surface area contributed by atoms with Crippen molar-refractivity contribution in [3.05, 3.63) is 0 Å². The molecule has 5 heteroatoms. The van der Waals surface area contributed by atoms with Crippen LogP contribution in [0.3, 0.4) is 0 Å². The predicted molar refractivity (Wildman–Crippen MR) is 79.6 cm³/mol. The van der Waals surface area contributed by atoms with Crippen molar-refractivity contribution in [3.63, 3.8) is 0 Å². The number of primary amides is 1. The van der Waals surface area contributed by atoms with Crippen LogP contribution in [0, 0.1) is 11.8 Å². The molecule has 2 atom stereocenters. The minimum Gasteiger partial charge on any atom is -0.449 e. The minimum absolute atomic E-state index is 0.105. The monoisotopic (exact) mass is 286 g/mol. The van der Waals surface area contributed by atoms with Gasteiger partial charge < -0.3 is 20.1 Å². The number of carbonyl (C=O) groups is 1. The van der Waals surface area contributed by atoms with E-state index in [0.717, 1.165) is 32.6 Å². The summed E-state index contributed by atoms with van der Waals surface area (Å²) in [6.07, 6.45) is 2.66. The van der Waals surface area contributed by atoms with Crippen LogP contribution in [0.4, 0.5) is 4.79 Å². The first-order valence-electron chi connectivity index (χ1n) is 7.50. The van der Waals surface area contributed by atoms with E-state index in [0.29, 0.717) is 18.4 Å². The van der Waals surface area contributed by atoms with Crippen molar-refractivity contribution in [3.8, 4) is 0 Å². The Morgan fingerprint density at radius 1 is 1.50 bits per heavy atom. The van der Waals surface area contributed by atoms with E-state index in [9.17, 15) is 4.79 Å². The average Bonchev–Trinajstić information content (AvgIpc) is 2.36. The lowest BCUT2D eigenvalue weighted by molar-refractivity contribution is 0.0296. The molecule has 0 aromatic rings. The molecule has 1 fully saturated rings. The van der Waals surface area contributed by atoms with Crippen LogP contribution in [0.5, 0.6) is 0 Å². The first-order valence-corrected chi connectivity index (χ1v) is 7.50. The van der Waals surface area contributed by atoms with Gasteiger partial charge in [-0.1, -0.05) is 0 Å². The summed E-state index contributed by atoms with van der Waals surface area (Å²) in [5, 5.41) is 0. The summed E-state index contributed by atoms with van der Waals surface area (Å²) in [5.41, 5.74) is 5.20. The largest absolute Gasteiger partial charge is 0.449 e. The predicted octanol–water partition coefficient (Wildman–Crippen LogP) is 2.24. The smallest absolute Gasteiger partial charge is 0.404 e. The Bertz CT molecular complexity index is 296. The summed E-state index contributed by atoms with van der Waals surface area (Å²) < 4.78 is 10.6. The Labute approximate surface area is 122 Å². The van der Waals surface area contributed by atoms with Crippen LogP contribution < -0.4 is 5.73 Å². The van der Waals surface area contributed by atoms with Crippen molar-refractivity contribution in [1.29, 1.82) is 0 Å². The number of carbonyl (C=O) groups excluding carboxylic acids is 1. The molecule has 1 amide bonds. The van der Waals surface area contributed by atoms with Crippen molar-refractivity contribution in [2.45, 2.75) is 45.6 Å². The van der Waals surface area contributed by atoms with Gasteiger partial charge in [0.15, 0.2) is 0 Å². The highest BCUT2D eigenvalue weighted by atomic mass is 16.5. The van der Waals surface area contributed by atoms with Crippen LogP contribution in [0.25, 0.3) is 0 Å². The van der Waals surface area contributed by atoms with Crippen LogP contribution in [-0.4, -0.2) is 49.9 Å². The van der Waals surface area contributed by atoms with Gasteiger partial charge in [0.2, 0.25) is 0 Å². The Kier molecular flexibility index (Phi) is 6.76. The van der Waals surface area contributed by atoms with Crippen molar-refractivity contribution in [1.82, 2.24) is 4.90 Å². The van der Waals surface area contributed by atoms with Gasteiger partial charge in [-0.25, -0.2) is 4.79 Å². The number of nitrogens with zero attached hydrogens (tertiary/aromatic N) is 1. The summed E-state index contributed by atoms with van der Waals surface area (Å²) in [6, 6.07) is 0. The Morgan fingerprint density at radius 3 is 2.70 bits per heavy atom. The lowest BCUT2D eigenvalue weighted by Crippen LogP contribution is -2.42. The van der Waals surface area contributed by atoms with Crippen LogP contribution in [0.2, 0.25) is 0 Å². The molecule has 1 heterocycles. The van der Waals surface area contributed by atoms with Crippen molar-refractivity contribution in [2.24, 2.45) is 17.6 Å². The van der Waals surface area contributed by atoms with Gasteiger partial charge in [-0.3, -0.25) is 0 Å². The average molecular weight is 286 g/mol. The second-order valence-electron chi connectivity index (χ2n) is 6.87. The molecule has 0 aromatic carbocycles. The van der Waals surface area contributed by atoms with Gasteiger partial charge >= 0.3 is 6.09 Å². The third-order valence-corrected chi connectivity index (χ3v) is 4.06. The Balaban J connectivity index is 2.51. The topological polar surface area (TPSA) is 64.8 Å². The number of hydrogen-bond donors (Lipinski definition) is 1. The summed E-state index contributed by atoms with van der Waals surface area (Å²) in [6.45, 7) is 9.54. The summed E-state index contributed by atoms with van der Waals surface area (Å²) in [4.78, 5) is 13.1. The van der Waals surface area contributed by atoms with Gasteiger partial charge in [0.25, 0.3) is 0 Å². The minimum atomic E-state index is -0.687. The fourth-order valence-corrected chi connectivity index (χ4v) is 2.52. The first-order chi connectivity index (χ1) is 9.29. The molecule has 0 radical (unpaired) electrons. The molecule has 1 aliphatic heterocycles. The molecule has 118 valence electrons. The van der Waals surface area contributed by atoms with Crippen LogP contribution in [0.15, 0.2) is 0 Å². The third-order valence-electron chi connectivity index (χ3n) is 4.06. The maximum absolute atomic E-state index is 10.8. The molecular formula is C15H30N2O3. The van der Waals surface area contributed by atoms with Crippen molar-refractivity contribution < 1.29 is 14.3 Å². The zero-order valence-corrected chi connectivity index (χ0v) is 13.4. The molecule has 1 saturated heterocycles. The first kappa shape index (κ1) is 17.2. The van der Waals surface area contributed by atoms with Gasteiger partial charge in [-0.2, -0.15) is 0 Å². The summed E-state index contributed by atoms with van der Waals surface area (Å²) in [7, 11) is 2.11. The highest BCUT2D eigenvalue weighted by Crippen LogP contribution is 2.24. The summed E-state index contributed by atoms with van der Waals surface area (Å²) in [5.74, 6) is 0.872. The molecule has 0 bridgehead atoms. The van der Waals surface area contributed by atoms with E-state index in [4.69, 9.17) is 15.2 Å². The standard InChI is InChI=1S/C15H30N2O3/c1-15(2,3)17(4)9-13(11-20-14(16)18)8-12-6-5-7-19-10-12/h12-13H,5-11H2,1-4H3,(H2,16,18)/t12-,13-/m0/s1. The van der Waals surface area contributed by atoms with Crippen molar-refractivity contribution >= 4 is 6.09 Å². The second-order valence-corrected chi connectivity index (χ2v) is 6.87. The molecule has 0 unspecified atom stereocenters. The zero-order chi connectivity index (χ0) is 15.2. The molecule has 1 rings (SSSR count). The van der Waals surface area contributed by atoms with Gasteiger partial charge in [0.1, 0.15) is 0 Å². The van der Waals surface area contributed by atoms with E-state index >= 15 is 0 Å². The molecule has 0 aromatic heterocycles. The molecule has 2 N–H and O–H groups in total. The molecule has 1 aliphatic rings. The van der Waals surface area contributed by atoms with Crippen LogP contribution in [-0.2, 0) is 9.47 Å². The lowest BCUT2D eigenvalue weighted by atomic mass is 9.89. The fraction of sp³-hybridized carbons (Fsp3) is 0.933. The molecule has 20 heavy (non-hydrogen) atoms. The van der Waals surface area contributed by atoms with E-state index in [2.05, 4.69) is 32.7 Å². The fourth-order valence-electron chi connectivity index (χ4n) is 2.52. The van der Waals surface area contributed by atoms with Gasteiger partial charge in [0, 0.05) is 31.2 Å². The number of rotatable bonds is 6. The number of nitrogens with two attached hydrogens (primary N) is 1. The van der Waals surface area contributed by atoms with E-state index < -0.39 is 6.09 Å². The maximum Gasteiger partial charge on any atom is 0.404 e. The van der Waals surface area contributed by atoms with Gasteiger partial charge in [-0.15, -0.1) is 0 Å². The number of amides is 1. The van der Waals surface area contributed by atoms with E-state index in [1.807, 2.05) is 0 Å². The SMILES string of the molecule is CN(C[C@@H](COC(N)=O)C[C@@H]1CCCOC1)C(C)(C)C.